The Morgan fingerprint density at radius 2 is 0.750 bits per heavy atom. The first kappa shape index (κ1) is 53.3. The molecule has 0 saturated carbocycles. The van der Waals surface area contributed by atoms with Crippen molar-refractivity contribution in [3.8, 4) is 0 Å². The van der Waals surface area contributed by atoms with Crippen LogP contribution in [-0.2, 0) is 40.7 Å². The number of benzene rings is 4. The van der Waals surface area contributed by atoms with E-state index in [0.29, 0.717) is 6.08 Å². The SMILES string of the molecule is C=C[CH2-].CC1(C)OCCO1.Fc1c(F)c(F)c(C(OC2=CC=[C-][C@@H]2OC(c2c(F)c(F)c(F)c(F)c2F)c2c(F)c(F)c(F)c(F)c2F)c2c(F)c(F)c(F)c(F)c2F)c(F)c1F.[Ti+2]. The molecule has 1 aliphatic heterocycles. The summed E-state index contributed by atoms with van der Waals surface area (Å²) >= 11 is 0. The van der Waals surface area contributed by atoms with Crippen molar-refractivity contribution in [3.63, 3.8) is 0 Å². The van der Waals surface area contributed by atoms with Gasteiger partial charge in [0.1, 0.15) is 6.10 Å². The maximum Gasteiger partial charge on any atom is 2.00 e. The molecule has 0 amide bonds. The molecular formula is C39H20F20O4Ti. The van der Waals surface area contributed by atoms with E-state index in [2.05, 4.69) is 13.5 Å². The molecule has 0 spiro atoms. The topological polar surface area (TPSA) is 36.9 Å². The average molecular weight is 980 g/mol. The molecule has 1 saturated heterocycles. The molecule has 4 aromatic rings. The second kappa shape index (κ2) is 20.9. The molecule has 0 aromatic heterocycles. The summed E-state index contributed by atoms with van der Waals surface area (Å²) in [6, 6.07) is 0. The van der Waals surface area contributed by atoms with Crippen LogP contribution in [0.3, 0.4) is 0 Å². The van der Waals surface area contributed by atoms with E-state index in [1.54, 1.807) is 6.08 Å². The van der Waals surface area contributed by atoms with Crippen molar-refractivity contribution in [1.29, 1.82) is 0 Å². The second-order valence-electron chi connectivity index (χ2n) is 12.6. The van der Waals surface area contributed by atoms with Gasteiger partial charge in [-0.15, -0.1) is 0 Å². The molecule has 4 nitrogen and oxygen atoms in total. The van der Waals surface area contributed by atoms with Crippen molar-refractivity contribution < 1.29 is 128 Å². The summed E-state index contributed by atoms with van der Waals surface area (Å²) in [4.78, 5) is 0. The number of rotatable bonds is 8. The first-order valence-electron chi connectivity index (χ1n) is 16.6. The summed E-state index contributed by atoms with van der Waals surface area (Å²) in [6.45, 7) is 11.8. The van der Waals surface area contributed by atoms with Crippen molar-refractivity contribution >= 4 is 0 Å². The van der Waals surface area contributed by atoms with E-state index in [1.165, 1.54) is 6.08 Å². The molecule has 0 unspecified atom stereocenters. The predicted molar refractivity (Wildman–Crippen MR) is 172 cm³/mol. The number of ether oxygens (including phenoxy) is 4. The van der Waals surface area contributed by atoms with Gasteiger partial charge < -0.3 is 18.9 Å². The summed E-state index contributed by atoms with van der Waals surface area (Å²) in [7, 11) is 0. The zero-order valence-electron chi connectivity index (χ0n) is 31.5. The molecule has 344 valence electrons. The van der Waals surface area contributed by atoms with E-state index in [4.69, 9.17) is 18.9 Å². The van der Waals surface area contributed by atoms with Crippen LogP contribution >= 0.6 is 0 Å². The van der Waals surface area contributed by atoms with Crippen LogP contribution in [0, 0.1) is 129 Å². The fourth-order valence-electron chi connectivity index (χ4n) is 5.43. The molecule has 0 radical (unpaired) electrons. The van der Waals surface area contributed by atoms with Crippen molar-refractivity contribution in [2.75, 3.05) is 13.2 Å². The Balaban J connectivity index is 0.000000881. The van der Waals surface area contributed by atoms with Crippen LogP contribution < -0.4 is 0 Å². The summed E-state index contributed by atoms with van der Waals surface area (Å²) < 4.78 is 308. The maximum absolute atomic E-state index is 14.9. The minimum Gasteiger partial charge on any atom is -0.502 e. The molecule has 2 aliphatic rings. The van der Waals surface area contributed by atoms with Gasteiger partial charge in [0.05, 0.1) is 35.5 Å². The number of halogens is 20. The second-order valence-corrected chi connectivity index (χ2v) is 12.6. The van der Waals surface area contributed by atoms with Gasteiger partial charge in [-0.3, -0.25) is 0 Å². The average Bonchev–Trinajstić information content (AvgIpc) is 3.87. The van der Waals surface area contributed by atoms with E-state index in [1.807, 2.05) is 13.8 Å². The van der Waals surface area contributed by atoms with Crippen molar-refractivity contribution in [2.24, 2.45) is 0 Å². The minimum absolute atomic E-state index is 0. The van der Waals surface area contributed by atoms with Gasteiger partial charge >= 0.3 is 21.7 Å². The van der Waals surface area contributed by atoms with Crippen LogP contribution in [0.4, 0.5) is 87.8 Å². The van der Waals surface area contributed by atoms with Gasteiger partial charge in [0.15, 0.2) is 105 Å². The number of hydrogen-bond acceptors (Lipinski definition) is 4. The van der Waals surface area contributed by atoms with Crippen LogP contribution in [0.15, 0.2) is 30.6 Å². The summed E-state index contributed by atoms with van der Waals surface area (Å²) in [5.74, 6) is -61.3. The molecular weight excluding hydrogens is 960 g/mol. The normalized spacial score (nSPS) is 15.1. The zero-order chi connectivity index (χ0) is 47.7. The molecule has 1 aliphatic carbocycles. The third kappa shape index (κ3) is 9.94. The van der Waals surface area contributed by atoms with Gasteiger partial charge in [0.25, 0.3) is 0 Å². The Labute approximate surface area is 361 Å². The van der Waals surface area contributed by atoms with E-state index in [9.17, 15) is 87.8 Å². The Bertz CT molecular complexity index is 2270. The first-order chi connectivity index (χ1) is 29.3. The fourth-order valence-corrected chi connectivity index (χ4v) is 5.43. The van der Waals surface area contributed by atoms with Crippen LogP contribution in [0.1, 0.15) is 48.3 Å². The van der Waals surface area contributed by atoms with E-state index >= 15 is 0 Å². The molecule has 1 fully saturated rings. The molecule has 4 aromatic carbocycles. The zero-order valence-corrected chi connectivity index (χ0v) is 33.0. The first-order valence-corrected chi connectivity index (χ1v) is 16.6. The van der Waals surface area contributed by atoms with Gasteiger partial charge in [-0.1, -0.05) is 0 Å². The third-order valence-electron chi connectivity index (χ3n) is 8.29. The van der Waals surface area contributed by atoms with Crippen molar-refractivity contribution in [1.82, 2.24) is 0 Å². The number of hydrogen-bond donors (Lipinski definition) is 0. The standard InChI is InChI=1S/C31H5F20O2.C5H10O2.C3H5.Ti/c32-10-6(11(33)19(41)26(48)18(10)40)30(7-12(34)20(42)27(49)21(43)13(7)35)52-4-2-1-3-5(4)53-31(8-14(36)22(44)28(50)23(45)15(8)37)9-16(38)24(46)29(51)25(47)17(9)39;1-5(2)6-3-4-7-5;1-3-2;/h1-2,5,30-31H;3-4H2,1-2H3;3H,1-2H2;/q-1;;-1;+2/t5-;;;/m0.../s1. The van der Waals surface area contributed by atoms with Gasteiger partial charge in [0.2, 0.25) is 23.3 Å². The number of allylic oxidation sites excluding steroid dienone is 3. The maximum atomic E-state index is 14.9. The largest absolute Gasteiger partial charge is 2.00 e. The molecule has 0 bridgehead atoms. The minimum atomic E-state index is -3.74. The van der Waals surface area contributed by atoms with Gasteiger partial charge in [-0.2, -0.15) is 6.08 Å². The fraction of sp³-hybridized carbons (Fsp3) is 0.205. The van der Waals surface area contributed by atoms with Gasteiger partial charge in [-0.25, -0.2) is 120 Å². The van der Waals surface area contributed by atoms with Gasteiger partial charge in [0, 0.05) is 11.9 Å². The van der Waals surface area contributed by atoms with Crippen LogP contribution in [-0.4, -0.2) is 25.1 Å². The smallest absolute Gasteiger partial charge is 0.502 e. The van der Waals surface area contributed by atoms with E-state index in [0.717, 1.165) is 13.2 Å². The quantitative estimate of drug-likeness (QED) is 0.0580. The Morgan fingerprint density at radius 1 is 0.516 bits per heavy atom. The Kier molecular flexibility index (Phi) is 17.4. The summed E-state index contributed by atoms with van der Waals surface area (Å²) in [5, 5.41) is 0. The summed E-state index contributed by atoms with van der Waals surface area (Å²) in [6.07, 6.45) is -6.31. The molecule has 25 heteroatoms. The van der Waals surface area contributed by atoms with Crippen molar-refractivity contribution in [3.05, 3.63) is 182 Å². The predicted octanol–water partition coefficient (Wildman–Crippen LogP) is 11.8. The molecule has 0 N–H and O–H groups in total. The van der Waals surface area contributed by atoms with Gasteiger partial charge in [-0.05, 0) is 13.8 Å². The van der Waals surface area contributed by atoms with E-state index in [-0.39, 0.29) is 33.6 Å². The van der Waals surface area contributed by atoms with Crippen LogP contribution in [0.25, 0.3) is 0 Å². The third-order valence-corrected chi connectivity index (χ3v) is 8.29. The van der Waals surface area contributed by atoms with Crippen molar-refractivity contribution in [2.45, 2.75) is 37.9 Å². The molecule has 1 heterocycles. The molecule has 6 rings (SSSR count). The van der Waals surface area contributed by atoms with E-state index < -0.39 is 163 Å². The molecule has 1 atom stereocenters. The monoisotopic (exact) mass is 980 g/mol. The molecule has 64 heavy (non-hydrogen) atoms. The van der Waals surface area contributed by atoms with Crippen LogP contribution in [0.2, 0.25) is 0 Å². The summed E-state index contributed by atoms with van der Waals surface area (Å²) in [5.41, 5.74) is -10.1. The Morgan fingerprint density at radius 3 is 0.984 bits per heavy atom. The Hall–Kier alpha value is -5.04. The van der Waals surface area contributed by atoms with Crippen LogP contribution in [0.5, 0.6) is 0 Å².